The van der Waals surface area contributed by atoms with Crippen LogP contribution in [0.3, 0.4) is 0 Å². The number of ether oxygens (including phenoxy) is 1. The van der Waals surface area contributed by atoms with E-state index in [0.717, 1.165) is 28.0 Å². The fourth-order valence-electron chi connectivity index (χ4n) is 2.24. The van der Waals surface area contributed by atoms with E-state index in [1.165, 1.54) is 0 Å². The Kier molecular flexibility index (Phi) is 4.76. The van der Waals surface area contributed by atoms with Gasteiger partial charge in [-0.1, -0.05) is 6.07 Å². The van der Waals surface area contributed by atoms with E-state index in [0.29, 0.717) is 5.75 Å². The zero-order valence-electron chi connectivity index (χ0n) is 12.8. The van der Waals surface area contributed by atoms with Crippen molar-refractivity contribution >= 4 is 5.69 Å². The van der Waals surface area contributed by atoms with Crippen molar-refractivity contribution in [1.29, 1.82) is 5.26 Å². The van der Waals surface area contributed by atoms with Gasteiger partial charge in [0.2, 0.25) is 0 Å². The molecule has 1 aromatic heterocycles. The second kappa shape index (κ2) is 6.75. The van der Waals surface area contributed by atoms with Gasteiger partial charge in [0.15, 0.2) is 0 Å². The van der Waals surface area contributed by atoms with Crippen molar-refractivity contribution in [3.63, 3.8) is 0 Å². The molecule has 0 saturated carbocycles. The topological polar surface area (TPSA) is 98.2 Å². The summed E-state index contributed by atoms with van der Waals surface area (Å²) < 4.78 is 6.71. The van der Waals surface area contributed by atoms with Gasteiger partial charge in [-0.15, -0.1) is 0 Å². The first kappa shape index (κ1) is 16.2. The molecule has 0 fully saturated rings. The Bertz CT molecular complexity index is 829. The lowest BCUT2D eigenvalue weighted by Gasteiger charge is -2.10. The van der Waals surface area contributed by atoms with Crippen LogP contribution in [0.15, 0.2) is 35.3 Å². The average molecular weight is 313 g/mol. The van der Waals surface area contributed by atoms with E-state index in [1.807, 2.05) is 32.0 Å². The Morgan fingerprint density at radius 2 is 1.91 bits per heavy atom. The van der Waals surface area contributed by atoms with E-state index < -0.39 is 10.5 Å². The Labute approximate surface area is 132 Å². The van der Waals surface area contributed by atoms with Crippen molar-refractivity contribution in [1.82, 2.24) is 4.57 Å². The van der Waals surface area contributed by atoms with Crippen LogP contribution in [0.4, 0.5) is 5.69 Å². The molecule has 0 aliphatic rings. The van der Waals surface area contributed by atoms with Gasteiger partial charge in [-0.25, -0.2) is 0 Å². The molecule has 118 valence electrons. The minimum absolute atomic E-state index is 0.113. The molecule has 0 bridgehead atoms. The molecule has 1 aromatic carbocycles. The van der Waals surface area contributed by atoms with Crippen LogP contribution in [-0.2, 0) is 6.54 Å². The number of nitro groups is 1. The van der Waals surface area contributed by atoms with E-state index in [-0.39, 0.29) is 24.4 Å². The summed E-state index contributed by atoms with van der Waals surface area (Å²) in [5.74, 6) is 0.668. The van der Waals surface area contributed by atoms with Crippen molar-refractivity contribution in [3.8, 4) is 11.8 Å². The number of pyridine rings is 1. The second-order valence-corrected chi connectivity index (χ2v) is 5.15. The third-order valence-electron chi connectivity index (χ3n) is 3.20. The standard InChI is InChI=1S/C16H15N3O4/c1-11-5-12(2)7-15(6-11)23-4-3-18-10-14(19(21)22)8-13(9-17)16(18)20/h5-8,10H,3-4H2,1-2H3. The maximum atomic E-state index is 12.0. The van der Waals surface area contributed by atoms with E-state index in [9.17, 15) is 14.9 Å². The molecule has 0 aliphatic heterocycles. The first-order valence-corrected chi connectivity index (χ1v) is 6.91. The van der Waals surface area contributed by atoms with Crippen LogP contribution in [0.1, 0.15) is 16.7 Å². The van der Waals surface area contributed by atoms with Crippen LogP contribution < -0.4 is 10.3 Å². The quantitative estimate of drug-likeness (QED) is 0.623. The predicted octanol–water partition coefficient (Wildman–Crippen LogP) is 2.32. The molecule has 0 amide bonds. The lowest BCUT2D eigenvalue weighted by molar-refractivity contribution is -0.385. The van der Waals surface area contributed by atoms with Crippen LogP contribution in [-0.4, -0.2) is 16.1 Å². The molecule has 0 radical (unpaired) electrons. The Hall–Kier alpha value is -3.14. The normalized spacial score (nSPS) is 10.1. The van der Waals surface area contributed by atoms with Crippen LogP contribution in [0.25, 0.3) is 0 Å². The van der Waals surface area contributed by atoms with Crippen LogP contribution in [0, 0.1) is 35.3 Å². The molecule has 2 aromatic rings. The van der Waals surface area contributed by atoms with Gasteiger partial charge >= 0.3 is 0 Å². The minimum atomic E-state index is -0.637. The average Bonchev–Trinajstić information content (AvgIpc) is 2.47. The monoisotopic (exact) mass is 313 g/mol. The molecule has 0 spiro atoms. The van der Waals surface area contributed by atoms with Gasteiger partial charge in [0.25, 0.3) is 11.2 Å². The van der Waals surface area contributed by atoms with Gasteiger partial charge < -0.3 is 9.30 Å². The molecule has 2 rings (SSSR count). The van der Waals surface area contributed by atoms with Gasteiger partial charge in [0.05, 0.1) is 17.7 Å². The number of hydrogen-bond donors (Lipinski definition) is 0. The van der Waals surface area contributed by atoms with Crippen molar-refractivity contribution in [3.05, 3.63) is 67.6 Å². The van der Waals surface area contributed by atoms with Gasteiger partial charge in [0.1, 0.15) is 24.0 Å². The maximum absolute atomic E-state index is 12.0. The summed E-state index contributed by atoms with van der Waals surface area (Å²) in [6.07, 6.45) is 1.12. The van der Waals surface area contributed by atoms with E-state index >= 15 is 0 Å². The fraction of sp³-hybridized carbons (Fsp3) is 0.250. The third-order valence-corrected chi connectivity index (χ3v) is 3.20. The lowest BCUT2D eigenvalue weighted by Crippen LogP contribution is -2.25. The molecule has 7 heteroatoms. The van der Waals surface area contributed by atoms with Crippen LogP contribution in [0.5, 0.6) is 5.75 Å². The molecule has 0 saturated heterocycles. The van der Waals surface area contributed by atoms with Gasteiger partial charge in [-0.2, -0.15) is 5.26 Å². The summed E-state index contributed by atoms with van der Waals surface area (Å²) in [6.45, 7) is 4.17. The summed E-state index contributed by atoms with van der Waals surface area (Å²) in [7, 11) is 0. The van der Waals surface area contributed by atoms with Crippen molar-refractivity contribution in [2.75, 3.05) is 6.61 Å². The summed E-state index contributed by atoms with van der Waals surface area (Å²) in [5, 5.41) is 19.7. The first-order valence-electron chi connectivity index (χ1n) is 6.91. The fourth-order valence-corrected chi connectivity index (χ4v) is 2.24. The zero-order valence-corrected chi connectivity index (χ0v) is 12.8. The predicted molar refractivity (Wildman–Crippen MR) is 83.5 cm³/mol. The summed E-state index contributed by atoms with van der Waals surface area (Å²) >= 11 is 0. The largest absolute Gasteiger partial charge is 0.492 e. The maximum Gasteiger partial charge on any atom is 0.287 e. The minimum Gasteiger partial charge on any atom is -0.492 e. The number of benzene rings is 1. The molecule has 7 nitrogen and oxygen atoms in total. The van der Waals surface area contributed by atoms with E-state index in [4.69, 9.17) is 10.00 Å². The van der Waals surface area contributed by atoms with Crippen molar-refractivity contribution in [2.24, 2.45) is 0 Å². The zero-order chi connectivity index (χ0) is 17.0. The summed E-state index contributed by atoms with van der Waals surface area (Å²) in [6, 6.07) is 8.39. The highest BCUT2D eigenvalue weighted by Gasteiger charge is 2.13. The van der Waals surface area contributed by atoms with Crippen LogP contribution in [0.2, 0.25) is 0 Å². The number of aryl methyl sites for hydroxylation is 2. The number of rotatable bonds is 5. The Morgan fingerprint density at radius 1 is 1.26 bits per heavy atom. The Morgan fingerprint density at radius 3 is 2.48 bits per heavy atom. The van der Waals surface area contributed by atoms with Crippen molar-refractivity contribution < 1.29 is 9.66 Å². The van der Waals surface area contributed by atoms with Crippen molar-refractivity contribution in [2.45, 2.75) is 20.4 Å². The third kappa shape index (κ3) is 3.95. The Balaban J connectivity index is 2.17. The molecular formula is C16H15N3O4. The molecule has 23 heavy (non-hydrogen) atoms. The second-order valence-electron chi connectivity index (χ2n) is 5.15. The summed E-state index contributed by atoms with van der Waals surface area (Å²) in [4.78, 5) is 22.2. The SMILES string of the molecule is Cc1cc(C)cc(OCCn2cc([N+](=O)[O-])cc(C#N)c2=O)c1. The van der Waals surface area contributed by atoms with E-state index in [2.05, 4.69) is 0 Å². The first-order chi connectivity index (χ1) is 10.9. The highest BCUT2D eigenvalue weighted by molar-refractivity contribution is 5.37. The van der Waals surface area contributed by atoms with E-state index in [1.54, 1.807) is 6.07 Å². The lowest BCUT2D eigenvalue weighted by atomic mass is 10.1. The number of nitrogens with zero attached hydrogens (tertiary/aromatic N) is 3. The molecular weight excluding hydrogens is 298 g/mol. The van der Waals surface area contributed by atoms with Gasteiger partial charge in [-0.3, -0.25) is 14.9 Å². The number of nitriles is 1. The number of hydrogen-bond acceptors (Lipinski definition) is 5. The smallest absolute Gasteiger partial charge is 0.287 e. The molecule has 1 heterocycles. The molecule has 0 aliphatic carbocycles. The highest BCUT2D eigenvalue weighted by Crippen LogP contribution is 2.16. The van der Waals surface area contributed by atoms with Gasteiger partial charge in [-0.05, 0) is 37.1 Å². The molecule has 0 atom stereocenters. The van der Waals surface area contributed by atoms with Gasteiger partial charge in [0, 0.05) is 6.07 Å². The molecule has 0 unspecified atom stereocenters. The summed E-state index contributed by atoms with van der Waals surface area (Å²) in [5.41, 5.74) is 0.985. The molecule has 0 N–H and O–H groups in total. The van der Waals surface area contributed by atoms with Crippen LogP contribution >= 0.6 is 0 Å². The highest BCUT2D eigenvalue weighted by atomic mass is 16.6. The number of aromatic nitrogens is 1.